The third-order valence-corrected chi connectivity index (χ3v) is 5.40. The molecule has 0 spiro atoms. The molecule has 0 aromatic heterocycles. The molecule has 2 unspecified atom stereocenters. The fraction of sp³-hybridized carbons (Fsp3) is 0.188. The molecule has 0 aliphatic carbocycles. The Morgan fingerprint density at radius 3 is 2.12 bits per heavy atom. The van der Waals surface area contributed by atoms with Crippen LogP contribution < -0.4 is 4.72 Å². The standard InChI is InChI=1S/C16H16BrNO5S/c1-10-2-8-13(9-3-10)24(22,23)18-14(15(19)16(20)21)11-4-6-12(17)7-5-11/h2-9,14-15,18-19H,1H3,(H,20,21). The first-order valence-electron chi connectivity index (χ1n) is 6.96. The van der Waals surface area contributed by atoms with Gasteiger partial charge in [-0.25, -0.2) is 17.9 Å². The maximum Gasteiger partial charge on any atom is 0.334 e. The van der Waals surface area contributed by atoms with E-state index >= 15 is 0 Å². The molecule has 0 radical (unpaired) electrons. The van der Waals surface area contributed by atoms with Crippen molar-refractivity contribution >= 4 is 31.9 Å². The third kappa shape index (κ3) is 4.41. The number of hydrogen-bond donors (Lipinski definition) is 3. The van der Waals surface area contributed by atoms with Crippen LogP contribution in [0, 0.1) is 6.92 Å². The predicted molar refractivity (Wildman–Crippen MR) is 92.0 cm³/mol. The quantitative estimate of drug-likeness (QED) is 0.673. The minimum atomic E-state index is -4.00. The molecule has 0 amide bonds. The minimum absolute atomic E-state index is 0.00667. The van der Waals surface area contributed by atoms with Gasteiger partial charge in [-0.3, -0.25) is 0 Å². The Hall–Kier alpha value is -1.74. The summed E-state index contributed by atoms with van der Waals surface area (Å²) < 4.78 is 28.0. The van der Waals surface area contributed by atoms with Crippen LogP contribution in [0.2, 0.25) is 0 Å². The van der Waals surface area contributed by atoms with E-state index in [0.29, 0.717) is 5.56 Å². The van der Waals surface area contributed by atoms with Gasteiger partial charge in [-0.2, -0.15) is 0 Å². The Bertz CT molecular complexity index is 819. The number of aliphatic hydroxyl groups excluding tert-OH is 1. The van der Waals surface area contributed by atoms with Gasteiger partial charge in [0.1, 0.15) is 0 Å². The van der Waals surface area contributed by atoms with E-state index < -0.39 is 28.1 Å². The van der Waals surface area contributed by atoms with Crippen molar-refractivity contribution in [1.29, 1.82) is 0 Å². The molecule has 2 aromatic carbocycles. The summed E-state index contributed by atoms with van der Waals surface area (Å²) in [5.74, 6) is -1.52. The van der Waals surface area contributed by atoms with E-state index in [4.69, 9.17) is 5.11 Å². The zero-order valence-electron chi connectivity index (χ0n) is 12.7. The zero-order chi connectivity index (χ0) is 17.9. The summed E-state index contributed by atoms with van der Waals surface area (Å²) in [6, 6.07) is 11.1. The molecule has 2 aromatic rings. The molecule has 24 heavy (non-hydrogen) atoms. The molecule has 0 bridgehead atoms. The van der Waals surface area contributed by atoms with Crippen molar-refractivity contribution in [3.8, 4) is 0 Å². The molecule has 0 fully saturated rings. The van der Waals surface area contributed by atoms with Gasteiger partial charge in [0.2, 0.25) is 10.0 Å². The van der Waals surface area contributed by atoms with Gasteiger partial charge in [0.15, 0.2) is 6.10 Å². The van der Waals surface area contributed by atoms with Crippen molar-refractivity contribution in [3.63, 3.8) is 0 Å². The van der Waals surface area contributed by atoms with Crippen LogP contribution in [0.5, 0.6) is 0 Å². The molecule has 0 saturated carbocycles. The van der Waals surface area contributed by atoms with E-state index in [0.717, 1.165) is 10.0 Å². The Labute approximate surface area is 148 Å². The van der Waals surface area contributed by atoms with E-state index in [-0.39, 0.29) is 4.90 Å². The van der Waals surface area contributed by atoms with Gasteiger partial charge in [-0.05, 0) is 36.8 Å². The highest BCUT2D eigenvalue weighted by atomic mass is 79.9. The van der Waals surface area contributed by atoms with Gasteiger partial charge in [0.05, 0.1) is 10.9 Å². The summed E-state index contributed by atoms with van der Waals surface area (Å²) in [6.07, 6.45) is -1.92. The lowest BCUT2D eigenvalue weighted by Crippen LogP contribution is -2.40. The zero-order valence-corrected chi connectivity index (χ0v) is 15.1. The normalized spacial score (nSPS) is 14.1. The summed E-state index contributed by atoms with van der Waals surface area (Å²) in [5.41, 5.74) is 1.23. The number of rotatable bonds is 6. The van der Waals surface area contributed by atoms with Crippen LogP contribution in [-0.2, 0) is 14.8 Å². The first-order chi connectivity index (χ1) is 11.2. The lowest BCUT2D eigenvalue weighted by atomic mass is 10.0. The minimum Gasteiger partial charge on any atom is -0.479 e. The predicted octanol–water partition coefficient (Wildman–Crippen LogP) is 2.22. The number of carbonyl (C=O) groups is 1. The molecule has 128 valence electrons. The molecule has 0 heterocycles. The first kappa shape index (κ1) is 18.6. The van der Waals surface area contributed by atoms with Crippen molar-refractivity contribution in [1.82, 2.24) is 4.72 Å². The summed E-state index contributed by atoms with van der Waals surface area (Å²) in [4.78, 5) is 11.1. The summed E-state index contributed by atoms with van der Waals surface area (Å²) in [6.45, 7) is 1.82. The lowest BCUT2D eigenvalue weighted by Gasteiger charge is -2.22. The Morgan fingerprint density at radius 1 is 1.08 bits per heavy atom. The molecular formula is C16H16BrNO5S. The number of benzene rings is 2. The van der Waals surface area contributed by atoms with Crippen molar-refractivity contribution in [3.05, 3.63) is 64.1 Å². The summed E-state index contributed by atoms with van der Waals surface area (Å²) in [5, 5.41) is 19.0. The van der Waals surface area contributed by atoms with E-state index in [9.17, 15) is 18.3 Å². The van der Waals surface area contributed by atoms with Crippen molar-refractivity contribution < 1.29 is 23.4 Å². The Morgan fingerprint density at radius 2 is 1.62 bits per heavy atom. The van der Waals surface area contributed by atoms with Crippen LogP contribution in [-0.4, -0.2) is 30.7 Å². The number of aliphatic hydroxyl groups is 1. The molecule has 2 atom stereocenters. The topological polar surface area (TPSA) is 104 Å². The number of halogens is 1. The Kier molecular flexibility index (Phi) is 5.76. The lowest BCUT2D eigenvalue weighted by molar-refractivity contribution is -0.148. The molecule has 0 saturated heterocycles. The van der Waals surface area contributed by atoms with Gasteiger partial charge in [0.25, 0.3) is 0 Å². The molecule has 8 heteroatoms. The number of sulfonamides is 1. The van der Waals surface area contributed by atoms with Crippen LogP contribution in [0.15, 0.2) is 57.9 Å². The van der Waals surface area contributed by atoms with Crippen LogP contribution in [0.3, 0.4) is 0 Å². The molecule has 0 aliphatic rings. The van der Waals surface area contributed by atoms with Gasteiger partial charge in [0, 0.05) is 4.47 Å². The van der Waals surface area contributed by atoms with Gasteiger partial charge >= 0.3 is 5.97 Å². The second-order valence-corrected chi connectivity index (χ2v) is 7.88. The molecule has 0 aliphatic heterocycles. The van der Waals surface area contributed by atoms with E-state index in [1.54, 1.807) is 36.4 Å². The second kappa shape index (κ2) is 7.43. The van der Waals surface area contributed by atoms with Crippen LogP contribution in [0.25, 0.3) is 0 Å². The van der Waals surface area contributed by atoms with Crippen molar-refractivity contribution in [2.45, 2.75) is 24.0 Å². The highest BCUT2D eigenvalue weighted by Gasteiger charge is 2.31. The van der Waals surface area contributed by atoms with E-state index in [2.05, 4.69) is 20.7 Å². The van der Waals surface area contributed by atoms with Gasteiger partial charge in [-0.1, -0.05) is 45.8 Å². The summed E-state index contributed by atoms with van der Waals surface area (Å²) >= 11 is 3.25. The van der Waals surface area contributed by atoms with Crippen LogP contribution in [0.1, 0.15) is 17.2 Å². The Balaban J connectivity index is 2.39. The fourth-order valence-electron chi connectivity index (χ4n) is 2.08. The number of nitrogens with one attached hydrogen (secondary N) is 1. The number of aliphatic carboxylic acids is 1. The third-order valence-electron chi connectivity index (χ3n) is 3.41. The maximum atomic E-state index is 12.5. The van der Waals surface area contributed by atoms with E-state index in [1.807, 2.05) is 6.92 Å². The average molecular weight is 414 g/mol. The van der Waals surface area contributed by atoms with Crippen LogP contribution in [0.4, 0.5) is 0 Å². The number of hydrogen-bond acceptors (Lipinski definition) is 4. The van der Waals surface area contributed by atoms with Crippen LogP contribution >= 0.6 is 15.9 Å². The fourth-order valence-corrected chi connectivity index (χ4v) is 3.57. The SMILES string of the molecule is Cc1ccc(S(=O)(=O)NC(c2ccc(Br)cc2)C(O)C(=O)O)cc1. The molecule has 3 N–H and O–H groups in total. The van der Waals surface area contributed by atoms with Crippen molar-refractivity contribution in [2.75, 3.05) is 0 Å². The number of aryl methyl sites for hydroxylation is 1. The molecular weight excluding hydrogens is 398 g/mol. The number of carboxylic acid groups (broad SMARTS) is 1. The van der Waals surface area contributed by atoms with E-state index in [1.165, 1.54) is 12.1 Å². The maximum absolute atomic E-state index is 12.5. The van der Waals surface area contributed by atoms with Gasteiger partial charge in [-0.15, -0.1) is 0 Å². The largest absolute Gasteiger partial charge is 0.479 e. The molecule has 2 rings (SSSR count). The highest BCUT2D eigenvalue weighted by Crippen LogP contribution is 2.23. The second-order valence-electron chi connectivity index (χ2n) is 5.25. The van der Waals surface area contributed by atoms with Gasteiger partial charge < -0.3 is 10.2 Å². The monoisotopic (exact) mass is 413 g/mol. The van der Waals surface area contributed by atoms with Crippen molar-refractivity contribution in [2.24, 2.45) is 0 Å². The number of carboxylic acids is 1. The first-order valence-corrected chi connectivity index (χ1v) is 9.23. The summed E-state index contributed by atoms with van der Waals surface area (Å²) in [7, 11) is -4.00. The average Bonchev–Trinajstić information content (AvgIpc) is 2.53. The molecule has 6 nitrogen and oxygen atoms in total. The smallest absolute Gasteiger partial charge is 0.334 e. The highest BCUT2D eigenvalue weighted by molar-refractivity contribution is 9.10.